The Hall–Kier alpha value is -2.54. The number of piperazine rings is 1. The third-order valence-corrected chi connectivity index (χ3v) is 7.94. The van der Waals surface area contributed by atoms with Crippen LogP contribution < -0.4 is 36.8 Å². The molecule has 2 aromatic rings. The van der Waals surface area contributed by atoms with Crippen LogP contribution in [0.5, 0.6) is 0 Å². The summed E-state index contributed by atoms with van der Waals surface area (Å²) in [5.74, 6) is 2.48. The molecule has 2 saturated heterocycles. The summed E-state index contributed by atoms with van der Waals surface area (Å²) in [7, 11) is 0. The van der Waals surface area contributed by atoms with Gasteiger partial charge in [0.05, 0.1) is 12.7 Å². The highest BCUT2D eigenvalue weighted by Gasteiger charge is 2.18. The molecule has 1 aliphatic carbocycles. The lowest BCUT2D eigenvalue weighted by atomic mass is 9.95. The Labute approximate surface area is 232 Å². The molecule has 2 aliphatic heterocycles. The zero-order chi connectivity index (χ0) is 26.5. The molecule has 0 aromatic carbocycles. The molecule has 3 fully saturated rings. The number of hydrogen-bond donors (Lipinski definition) is 6. The lowest BCUT2D eigenvalue weighted by Crippen LogP contribution is -2.44. The van der Waals surface area contributed by atoms with Crippen molar-refractivity contribution in [1.29, 1.82) is 0 Å². The van der Waals surface area contributed by atoms with E-state index in [1.165, 1.54) is 32.1 Å². The van der Waals surface area contributed by atoms with Gasteiger partial charge in [0.15, 0.2) is 0 Å². The number of hydrogen-bond acceptors (Lipinski definition) is 11. The van der Waals surface area contributed by atoms with Crippen molar-refractivity contribution in [3.8, 4) is 0 Å². The van der Waals surface area contributed by atoms with Gasteiger partial charge in [-0.1, -0.05) is 24.5 Å². The van der Waals surface area contributed by atoms with Crippen LogP contribution in [-0.2, 0) is 13.1 Å². The van der Waals surface area contributed by atoms with Gasteiger partial charge in [0.25, 0.3) is 0 Å². The summed E-state index contributed by atoms with van der Waals surface area (Å²) in [6.07, 6.45) is 12.1. The van der Waals surface area contributed by atoms with Gasteiger partial charge in [-0.25, -0.2) is 0 Å². The second-order valence-electron chi connectivity index (χ2n) is 11.1. The predicted molar refractivity (Wildman–Crippen MR) is 156 cm³/mol. The average molecular weight is 541 g/mol. The van der Waals surface area contributed by atoms with E-state index < -0.39 is 0 Å². The van der Waals surface area contributed by atoms with Crippen LogP contribution >= 0.6 is 0 Å². The summed E-state index contributed by atoms with van der Waals surface area (Å²) in [5.41, 5.74) is 0.892. The molecule has 5 rings (SSSR count). The highest BCUT2D eigenvalue weighted by molar-refractivity contribution is 5.54. The van der Waals surface area contributed by atoms with E-state index in [1.807, 2.05) is 10.9 Å². The fourth-order valence-electron chi connectivity index (χ4n) is 5.68. The van der Waals surface area contributed by atoms with Crippen LogP contribution in [0.2, 0.25) is 0 Å². The molecule has 2 aromatic heterocycles. The van der Waals surface area contributed by atoms with Crippen molar-refractivity contribution >= 4 is 17.6 Å². The van der Waals surface area contributed by atoms with Crippen molar-refractivity contribution < 1.29 is 0 Å². The van der Waals surface area contributed by atoms with E-state index in [9.17, 15) is 0 Å². The molecule has 0 radical (unpaired) electrons. The van der Waals surface area contributed by atoms with E-state index in [1.54, 1.807) is 0 Å². The van der Waals surface area contributed by atoms with Crippen molar-refractivity contribution in [2.45, 2.75) is 76.5 Å². The number of aromatic nitrogens is 5. The van der Waals surface area contributed by atoms with Gasteiger partial charge in [-0.2, -0.15) is 9.97 Å². The first kappa shape index (κ1) is 28.0. The van der Waals surface area contributed by atoms with Crippen LogP contribution in [-0.4, -0.2) is 95.9 Å². The molecule has 12 heteroatoms. The minimum absolute atomic E-state index is 0.437. The minimum Gasteiger partial charge on any atom is -0.367 e. The Balaban J connectivity index is 1.06. The number of anilines is 3. The van der Waals surface area contributed by atoms with Crippen molar-refractivity contribution in [2.24, 2.45) is 0 Å². The first-order valence-electron chi connectivity index (χ1n) is 15.2. The SMILES string of the molecule is c1c(NC2CCNCC2)nc(NCc2cn(CCCNCCNC3CCCCC3)nn2)nc1N1CCNCC1. The van der Waals surface area contributed by atoms with Crippen LogP contribution in [0.3, 0.4) is 0 Å². The molecule has 216 valence electrons. The third-order valence-electron chi connectivity index (χ3n) is 7.94. The van der Waals surface area contributed by atoms with Crippen molar-refractivity contribution in [1.82, 2.24) is 46.2 Å². The fraction of sp³-hybridized carbons (Fsp3) is 0.778. The van der Waals surface area contributed by atoms with E-state index in [0.717, 1.165) is 108 Å². The monoisotopic (exact) mass is 540 g/mol. The molecule has 0 spiro atoms. The third kappa shape index (κ3) is 9.26. The molecule has 39 heavy (non-hydrogen) atoms. The standard InChI is InChI=1S/C27H48N12/c1-2-5-22(6-3-1)31-13-12-28-9-4-16-39-21-24(36-37-39)20-32-27-34-25(33-23-7-10-29-11-8-23)19-26(35-27)38-17-14-30-15-18-38/h19,21-23,28-31H,1-18,20H2,(H2,32,33,34,35). The lowest BCUT2D eigenvalue weighted by molar-refractivity contribution is 0.372. The minimum atomic E-state index is 0.437. The van der Waals surface area contributed by atoms with E-state index in [-0.39, 0.29) is 0 Å². The second-order valence-corrected chi connectivity index (χ2v) is 11.1. The summed E-state index contributed by atoms with van der Waals surface area (Å²) < 4.78 is 1.93. The van der Waals surface area contributed by atoms with Gasteiger partial charge >= 0.3 is 0 Å². The second kappa shape index (κ2) is 15.3. The molecule has 3 aliphatic rings. The molecule has 0 unspecified atom stereocenters. The molecular formula is C27H48N12. The number of rotatable bonds is 14. The van der Waals surface area contributed by atoms with E-state index >= 15 is 0 Å². The molecule has 4 heterocycles. The molecule has 1 saturated carbocycles. The highest BCUT2D eigenvalue weighted by atomic mass is 15.4. The topological polar surface area (TPSA) is 132 Å². The average Bonchev–Trinajstić information content (AvgIpc) is 3.45. The van der Waals surface area contributed by atoms with Crippen LogP contribution in [0.25, 0.3) is 0 Å². The van der Waals surface area contributed by atoms with E-state index in [4.69, 9.17) is 9.97 Å². The van der Waals surface area contributed by atoms with Gasteiger partial charge in [0, 0.05) is 64.0 Å². The zero-order valence-corrected chi connectivity index (χ0v) is 23.4. The maximum atomic E-state index is 4.84. The van der Waals surface area contributed by atoms with Crippen LogP contribution in [0.4, 0.5) is 17.6 Å². The fourth-order valence-corrected chi connectivity index (χ4v) is 5.68. The summed E-state index contributed by atoms with van der Waals surface area (Å²) >= 11 is 0. The van der Waals surface area contributed by atoms with Gasteiger partial charge in [0.2, 0.25) is 5.95 Å². The Morgan fingerprint density at radius 1 is 0.872 bits per heavy atom. The number of nitrogens with one attached hydrogen (secondary N) is 6. The smallest absolute Gasteiger partial charge is 0.226 e. The molecule has 12 nitrogen and oxygen atoms in total. The van der Waals surface area contributed by atoms with E-state index in [2.05, 4.69) is 53.2 Å². The Bertz CT molecular complexity index is 963. The van der Waals surface area contributed by atoms with Gasteiger partial charge < -0.3 is 36.8 Å². The largest absolute Gasteiger partial charge is 0.367 e. The first-order chi connectivity index (χ1) is 19.3. The number of piperidine rings is 1. The summed E-state index contributed by atoms with van der Waals surface area (Å²) in [6, 6.07) is 3.26. The first-order valence-corrected chi connectivity index (χ1v) is 15.2. The van der Waals surface area contributed by atoms with Crippen molar-refractivity contribution in [2.75, 3.05) is 74.4 Å². The van der Waals surface area contributed by atoms with Gasteiger partial charge in [-0.3, -0.25) is 4.68 Å². The molecule has 0 atom stereocenters. The Morgan fingerprint density at radius 3 is 2.54 bits per heavy atom. The summed E-state index contributed by atoms with van der Waals surface area (Å²) in [5, 5.41) is 29.8. The highest BCUT2D eigenvalue weighted by Crippen LogP contribution is 2.21. The summed E-state index contributed by atoms with van der Waals surface area (Å²) in [6.45, 7) is 10.4. The molecule has 0 amide bonds. The molecular weight excluding hydrogens is 492 g/mol. The summed E-state index contributed by atoms with van der Waals surface area (Å²) in [4.78, 5) is 12.0. The van der Waals surface area contributed by atoms with Crippen LogP contribution in [0.1, 0.15) is 57.1 Å². The predicted octanol–water partition coefficient (Wildman–Crippen LogP) is 1.16. The van der Waals surface area contributed by atoms with Crippen LogP contribution in [0, 0.1) is 0 Å². The van der Waals surface area contributed by atoms with Gasteiger partial charge in [0.1, 0.15) is 17.3 Å². The normalized spacial score (nSPS) is 19.3. The molecule has 0 bridgehead atoms. The van der Waals surface area contributed by atoms with Gasteiger partial charge in [-0.15, -0.1) is 5.10 Å². The number of nitrogens with zero attached hydrogens (tertiary/aromatic N) is 6. The Kier molecular flexibility index (Phi) is 11.0. The quantitative estimate of drug-likeness (QED) is 0.193. The van der Waals surface area contributed by atoms with Crippen molar-refractivity contribution in [3.05, 3.63) is 18.0 Å². The maximum absolute atomic E-state index is 4.84. The van der Waals surface area contributed by atoms with Crippen LogP contribution in [0.15, 0.2) is 12.3 Å². The van der Waals surface area contributed by atoms with Crippen molar-refractivity contribution in [3.63, 3.8) is 0 Å². The molecule has 6 N–H and O–H groups in total. The Morgan fingerprint density at radius 2 is 1.69 bits per heavy atom. The van der Waals surface area contributed by atoms with E-state index in [0.29, 0.717) is 18.5 Å². The lowest BCUT2D eigenvalue weighted by Gasteiger charge is -2.29. The zero-order valence-electron chi connectivity index (χ0n) is 23.4. The maximum Gasteiger partial charge on any atom is 0.226 e. The number of aryl methyl sites for hydroxylation is 1. The van der Waals surface area contributed by atoms with Gasteiger partial charge in [-0.05, 0) is 51.7 Å².